The Labute approximate surface area is 238 Å². The SMILES string of the molecule is CCOCC1(COCC)c2ccccc2-c2ccccc21.COCC1(COC)c2ccccc2-c2ccccc21. The Hall–Kier alpha value is -3.28. The molecule has 40 heavy (non-hydrogen) atoms. The molecule has 0 fully saturated rings. The molecule has 0 heterocycles. The molecule has 0 bridgehead atoms. The fourth-order valence-corrected chi connectivity index (χ4v) is 6.58. The van der Waals surface area contributed by atoms with Gasteiger partial charge >= 0.3 is 0 Å². The minimum atomic E-state index is -0.184. The van der Waals surface area contributed by atoms with Gasteiger partial charge in [-0.3, -0.25) is 0 Å². The van der Waals surface area contributed by atoms with Gasteiger partial charge in [0, 0.05) is 27.4 Å². The van der Waals surface area contributed by atoms with Crippen LogP contribution in [0.25, 0.3) is 22.3 Å². The normalized spacial score (nSPS) is 14.9. The predicted molar refractivity (Wildman–Crippen MR) is 162 cm³/mol. The first-order chi connectivity index (χ1) is 19.7. The van der Waals surface area contributed by atoms with Gasteiger partial charge in [-0.15, -0.1) is 0 Å². The highest BCUT2D eigenvalue weighted by molar-refractivity contribution is 5.82. The average molecular weight is 537 g/mol. The van der Waals surface area contributed by atoms with Crippen LogP contribution in [0.1, 0.15) is 36.1 Å². The van der Waals surface area contributed by atoms with Crippen LogP contribution in [0.15, 0.2) is 97.1 Å². The Morgan fingerprint density at radius 2 is 0.700 bits per heavy atom. The number of benzene rings is 4. The minimum absolute atomic E-state index is 0.181. The predicted octanol–water partition coefficient (Wildman–Crippen LogP) is 7.27. The van der Waals surface area contributed by atoms with Gasteiger partial charge in [-0.2, -0.15) is 0 Å². The molecule has 4 aromatic rings. The molecule has 4 aromatic carbocycles. The summed E-state index contributed by atoms with van der Waals surface area (Å²) in [6.07, 6.45) is 0. The molecule has 0 atom stereocenters. The van der Waals surface area contributed by atoms with Gasteiger partial charge in [0.25, 0.3) is 0 Å². The molecular formula is C36H40O4. The summed E-state index contributed by atoms with van der Waals surface area (Å²) in [7, 11) is 3.50. The highest BCUT2D eigenvalue weighted by atomic mass is 16.5. The summed E-state index contributed by atoms with van der Waals surface area (Å²) in [6.45, 7) is 8.12. The van der Waals surface area contributed by atoms with E-state index < -0.39 is 0 Å². The van der Waals surface area contributed by atoms with Crippen molar-refractivity contribution in [2.45, 2.75) is 24.7 Å². The summed E-state index contributed by atoms with van der Waals surface area (Å²) in [5, 5.41) is 0. The van der Waals surface area contributed by atoms with Crippen molar-refractivity contribution in [2.24, 2.45) is 0 Å². The largest absolute Gasteiger partial charge is 0.383 e. The molecule has 4 nitrogen and oxygen atoms in total. The van der Waals surface area contributed by atoms with Gasteiger partial charge in [-0.05, 0) is 58.4 Å². The number of methoxy groups -OCH3 is 2. The number of hydrogen-bond acceptors (Lipinski definition) is 4. The lowest BCUT2D eigenvalue weighted by Gasteiger charge is -2.31. The van der Waals surface area contributed by atoms with Crippen LogP contribution < -0.4 is 0 Å². The Kier molecular flexibility index (Phi) is 8.82. The van der Waals surface area contributed by atoms with Gasteiger partial charge in [0.1, 0.15) is 0 Å². The molecule has 0 unspecified atom stereocenters. The molecule has 2 aliphatic rings. The van der Waals surface area contributed by atoms with Gasteiger partial charge < -0.3 is 18.9 Å². The van der Waals surface area contributed by atoms with E-state index in [0.717, 1.165) is 13.2 Å². The van der Waals surface area contributed by atoms with E-state index in [9.17, 15) is 0 Å². The van der Waals surface area contributed by atoms with E-state index in [2.05, 4.69) is 97.1 Å². The summed E-state index contributed by atoms with van der Waals surface area (Å²) in [5.74, 6) is 0. The molecule has 0 N–H and O–H groups in total. The minimum Gasteiger partial charge on any atom is -0.383 e. The van der Waals surface area contributed by atoms with Crippen molar-refractivity contribution >= 4 is 0 Å². The van der Waals surface area contributed by atoms with Crippen LogP contribution in [0.2, 0.25) is 0 Å². The lowest BCUT2D eigenvalue weighted by molar-refractivity contribution is 0.0451. The van der Waals surface area contributed by atoms with Crippen molar-refractivity contribution in [3.8, 4) is 22.3 Å². The Morgan fingerprint density at radius 1 is 0.425 bits per heavy atom. The van der Waals surface area contributed by atoms with Gasteiger partial charge in [0.15, 0.2) is 0 Å². The maximum absolute atomic E-state index is 5.85. The Bertz CT molecular complexity index is 1320. The summed E-state index contributed by atoms with van der Waals surface area (Å²) >= 11 is 0. The zero-order valence-corrected chi connectivity index (χ0v) is 24.1. The van der Waals surface area contributed by atoms with Crippen LogP contribution in [0.4, 0.5) is 0 Å². The zero-order chi connectivity index (χ0) is 28.0. The average Bonchev–Trinajstić information content (AvgIpc) is 3.44. The second-order valence-electron chi connectivity index (χ2n) is 10.5. The van der Waals surface area contributed by atoms with E-state index in [-0.39, 0.29) is 10.8 Å². The second kappa shape index (κ2) is 12.5. The van der Waals surface area contributed by atoms with Crippen LogP contribution in [0, 0.1) is 0 Å². The molecule has 0 aromatic heterocycles. The quantitative estimate of drug-likeness (QED) is 0.214. The molecule has 0 saturated heterocycles. The third-order valence-corrected chi connectivity index (χ3v) is 8.24. The van der Waals surface area contributed by atoms with E-state index in [1.165, 1.54) is 44.5 Å². The number of ether oxygens (including phenoxy) is 4. The van der Waals surface area contributed by atoms with Crippen molar-refractivity contribution < 1.29 is 18.9 Å². The molecule has 0 radical (unpaired) electrons. The molecule has 0 spiro atoms. The molecule has 6 rings (SSSR count). The fourth-order valence-electron chi connectivity index (χ4n) is 6.58. The van der Waals surface area contributed by atoms with E-state index in [4.69, 9.17) is 18.9 Å². The standard InChI is InChI=1S/C19H22O2.C17H18O2/c1-3-20-13-19(14-21-4-2)17-11-7-5-9-15(17)16-10-6-8-12-18(16)19;1-18-11-17(12-19-2)15-9-5-3-7-13(15)14-8-4-6-10-16(14)17/h5-12H,3-4,13-14H2,1-2H3;3-10H,11-12H2,1-2H3. The highest BCUT2D eigenvalue weighted by Crippen LogP contribution is 2.50. The first-order valence-corrected chi connectivity index (χ1v) is 14.2. The third-order valence-electron chi connectivity index (χ3n) is 8.24. The smallest absolute Gasteiger partial charge is 0.0681 e. The second-order valence-corrected chi connectivity index (χ2v) is 10.5. The van der Waals surface area contributed by atoms with E-state index in [1.807, 2.05) is 13.8 Å². The number of hydrogen-bond donors (Lipinski definition) is 0. The molecule has 4 heteroatoms. The lowest BCUT2D eigenvalue weighted by atomic mass is 9.79. The van der Waals surface area contributed by atoms with E-state index in [0.29, 0.717) is 26.4 Å². The number of rotatable bonds is 10. The van der Waals surface area contributed by atoms with Gasteiger partial charge in [-0.25, -0.2) is 0 Å². The van der Waals surface area contributed by atoms with Gasteiger partial charge in [0.05, 0.1) is 37.3 Å². The topological polar surface area (TPSA) is 36.9 Å². The highest BCUT2D eigenvalue weighted by Gasteiger charge is 2.44. The van der Waals surface area contributed by atoms with Crippen molar-refractivity contribution in [1.29, 1.82) is 0 Å². The van der Waals surface area contributed by atoms with Crippen LogP contribution in [0.5, 0.6) is 0 Å². The Balaban J connectivity index is 0.000000162. The number of fused-ring (bicyclic) bond motifs is 6. The summed E-state index contributed by atoms with van der Waals surface area (Å²) in [6, 6.07) is 34.4. The summed E-state index contributed by atoms with van der Waals surface area (Å²) in [5.41, 5.74) is 10.1. The zero-order valence-electron chi connectivity index (χ0n) is 24.1. The van der Waals surface area contributed by atoms with Crippen LogP contribution in [-0.4, -0.2) is 53.9 Å². The van der Waals surface area contributed by atoms with Crippen molar-refractivity contribution in [3.63, 3.8) is 0 Å². The van der Waals surface area contributed by atoms with Crippen molar-refractivity contribution in [2.75, 3.05) is 53.9 Å². The van der Waals surface area contributed by atoms with Crippen molar-refractivity contribution in [1.82, 2.24) is 0 Å². The van der Waals surface area contributed by atoms with Gasteiger partial charge in [-0.1, -0.05) is 97.1 Å². The molecule has 2 aliphatic carbocycles. The molecule has 0 amide bonds. The van der Waals surface area contributed by atoms with Crippen LogP contribution in [0.3, 0.4) is 0 Å². The first kappa shape index (κ1) is 28.3. The maximum Gasteiger partial charge on any atom is 0.0681 e. The Morgan fingerprint density at radius 3 is 0.975 bits per heavy atom. The summed E-state index contributed by atoms with van der Waals surface area (Å²) < 4.78 is 22.7. The monoisotopic (exact) mass is 536 g/mol. The molecule has 208 valence electrons. The lowest BCUT2D eigenvalue weighted by Crippen LogP contribution is -2.36. The van der Waals surface area contributed by atoms with E-state index >= 15 is 0 Å². The maximum atomic E-state index is 5.85. The van der Waals surface area contributed by atoms with E-state index in [1.54, 1.807) is 14.2 Å². The fraction of sp³-hybridized carbons (Fsp3) is 0.333. The molecule has 0 aliphatic heterocycles. The summed E-state index contributed by atoms with van der Waals surface area (Å²) in [4.78, 5) is 0. The van der Waals surface area contributed by atoms with Crippen molar-refractivity contribution in [3.05, 3.63) is 119 Å². The third kappa shape index (κ3) is 4.80. The van der Waals surface area contributed by atoms with Crippen LogP contribution in [-0.2, 0) is 29.8 Å². The molecular weight excluding hydrogens is 496 g/mol. The first-order valence-electron chi connectivity index (χ1n) is 14.2. The molecule has 0 saturated carbocycles. The van der Waals surface area contributed by atoms with Crippen LogP contribution >= 0.6 is 0 Å². The van der Waals surface area contributed by atoms with Gasteiger partial charge in [0.2, 0.25) is 0 Å².